The molecule has 0 radical (unpaired) electrons. The molecule has 6 aromatic rings. The second-order valence-corrected chi connectivity index (χ2v) is 12.1. The van der Waals surface area contributed by atoms with Crippen molar-refractivity contribution in [3.05, 3.63) is 171 Å². The van der Waals surface area contributed by atoms with Gasteiger partial charge in [0.25, 0.3) is 0 Å². The van der Waals surface area contributed by atoms with E-state index >= 15 is 35.1 Å². The Balaban J connectivity index is 0.000000379. The largest absolute Gasteiger partial charge is 0.497 e. The van der Waals surface area contributed by atoms with E-state index in [2.05, 4.69) is 15.6 Å². The van der Waals surface area contributed by atoms with Gasteiger partial charge in [0, 0.05) is 5.56 Å². The minimum atomic E-state index is -7.22. The summed E-state index contributed by atoms with van der Waals surface area (Å²) in [6.45, 7) is 0.833. The van der Waals surface area contributed by atoms with Crippen molar-refractivity contribution in [3.63, 3.8) is 0 Å². The van der Waals surface area contributed by atoms with Gasteiger partial charge < -0.3 is 4.74 Å². The summed E-state index contributed by atoms with van der Waals surface area (Å²) in [6, 6.07) is 8.06. The average Bonchev–Trinajstić information content (AvgIpc) is 3.24. The van der Waals surface area contributed by atoms with Crippen molar-refractivity contribution in [2.45, 2.75) is 6.54 Å². The van der Waals surface area contributed by atoms with Crippen LogP contribution in [-0.4, -0.2) is 18.2 Å². The van der Waals surface area contributed by atoms with E-state index in [1.54, 1.807) is 19.5 Å². The molecule has 1 aromatic heterocycles. The number of methoxy groups -OCH3 is 1. The molecule has 0 bridgehead atoms. The van der Waals surface area contributed by atoms with Gasteiger partial charge in [0.2, 0.25) is 0 Å². The summed E-state index contributed by atoms with van der Waals surface area (Å²) in [5.74, 6) is -70.5. The maximum atomic E-state index is 15.4. The molecule has 3 nitrogen and oxygen atoms in total. The summed E-state index contributed by atoms with van der Waals surface area (Å²) < 4.78 is 301. The highest BCUT2D eigenvalue weighted by Crippen LogP contribution is 2.30. The van der Waals surface area contributed by atoms with Gasteiger partial charge >= 0.3 is 0 Å². The van der Waals surface area contributed by atoms with Crippen molar-refractivity contribution in [1.82, 2.24) is 4.98 Å². The lowest BCUT2D eigenvalue weighted by molar-refractivity contribution is -0.688. The van der Waals surface area contributed by atoms with Crippen LogP contribution < -0.4 is 31.2 Å². The van der Waals surface area contributed by atoms with Gasteiger partial charge in [0.15, 0.2) is 88.7 Å². The van der Waals surface area contributed by atoms with Crippen molar-refractivity contribution in [2.24, 2.45) is 0 Å². The molecule has 0 amide bonds. The van der Waals surface area contributed by atoms with Crippen LogP contribution in [0.4, 0.5) is 87.8 Å². The molecule has 0 unspecified atom stereocenters. The molecule has 316 valence electrons. The molecule has 60 heavy (non-hydrogen) atoms. The Bertz CT molecular complexity index is 2300. The standard InChI is InChI=1S/C24BF20.C12H13N2O/c26-5-1(6(27)14(35)21(42)13(5)34)25(2-7(28)15(36)22(43)16(37)8(2)29,3-9(30)17(38)23(44)18(39)10(3)31)4-11(32)19(40)24(45)20(41)12(4)33;1-15-12-4-2-3-11(9-12)10-14-7-5-13-6-8-14/h;2-9H,10H2,1H3/q-1;+1. The molecule has 0 spiro atoms. The number of ether oxygens (including phenoxy) is 1. The van der Waals surface area contributed by atoms with Crippen molar-refractivity contribution in [1.29, 1.82) is 0 Å². The zero-order valence-electron chi connectivity index (χ0n) is 28.8. The highest BCUT2D eigenvalue weighted by Gasteiger charge is 2.52. The van der Waals surface area contributed by atoms with Gasteiger partial charge in [-0.1, -0.05) is 12.1 Å². The topological polar surface area (TPSA) is 26.0 Å². The van der Waals surface area contributed by atoms with Crippen LogP contribution in [0.25, 0.3) is 0 Å². The Hall–Kier alpha value is -6.36. The van der Waals surface area contributed by atoms with Gasteiger partial charge in [-0.25, -0.2) is 87.8 Å². The number of rotatable bonds is 7. The molecular formula is C36H13BF20N2O. The van der Waals surface area contributed by atoms with Crippen LogP contribution in [0.1, 0.15) is 5.56 Å². The number of aromatic nitrogens is 2. The van der Waals surface area contributed by atoms with E-state index in [4.69, 9.17) is 4.74 Å². The third-order valence-corrected chi connectivity index (χ3v) is 8.89. The number of hydrogen-bond acceptors (Lipinski definition) is 2. The normalized spacial score (nSPS) is 11.5. The minimum Gasteiger partial charge on any atom is -0.497 e. The van der Waals surface area contributed by atoms with Crippen molar-refractivity contribution >= 4 is 28.0 Å². The number of hydrogen-bond donors (Lipinski definition) is 0. The Labute approximate surface area is 320 Å². The molecule has 1 heterocycles. The predicted octanol–water partition coefficient (Wildman–Crippen LogP) is 7.27. The van der Waals surface area contributed by atoms with Crippen LogP contribution in [0.5, 0.6) is 5.75 Å². The quantitative estimate of drug-likeness (QED) is 0.0555. The van der Waals surface area contributed by atoms with Crippen LogP contribution in [-0.2, 0) is 6.54 Å². The van der Waals surface area contributed by atoms with Crippen LogP contribution >= 0.6 is 0 Å². The van der Waals surface area contributed by atoms with Gasteiger partial charge in [-0.2, -0.15) is 4.57 Å². The summed E-state index contributed by atoms with van der Waals surface area (Å²) in [6.07, 6.45) is 0.227. The Morgan fingerprint density at radius 3 is 0.950 bits per heavy atom. The lowest BCUT2D eigenvalue weighted by atomic mass is 9.12. The zero-order valence-corrected chi connectivity index (χ0v) is 28.8. The molecule has 0 aliphatic carbocycles. The van der Waals surface area contributed by atoms with Crippen molar-refractivity contribution in [2.75, 3.05) is 7.11 Å². The fourth-order valence-electron chi connectivity index (χ4n) is 6.31. The highest BCUT2D eigenvalue weighted by molar-refractivity contribution is 7.20. The predicted molar refractivity (Wildman–Crippen MR) is 166 cm³/mol. The summed E-state index contributed by atoms with van der Waals surface area (Å²) in [5.41, 5.74) is -13.1. The van der Waals surface area contributed by atoms with E-state index < -0.39 is 144 Å². The van der Waals surface area contributed by atoms with E-state index in [-0.39, 0.29) is 0 Å². The molecule has 0 aliphatic heterocycles. The van der Waals surface area contributed by atoms with E-state index in [0.717, 1.165) is 12.3 Å². The first-order chi connectivity index (χ1) is 28.1. The van der Waals surface area contributed by atoms with Gasteiger partial charge in [-0.05, 0) is 12.1 Å². The molecule has 0 saturated carbocycles. The second kappa shape index (κ2) is 16.7. The molecule has 0 saturated heterocycles. The summed E-state index contributed by atoms with van der Waals surface area (Å²) in [4.78, 5) is 3.98. The smallest absolute Gasteiger partial charge is 0.200 e. The van der Waals surface area contributed by atoms with E-state index in [1.807, 2.05) is 30.6 Å². The van der Waals surface area contributed by atoms with Gasteiger partial charge in [0.1, 0.15) is 58.4 Å². The maximum Gasteiger partial charge on any atom is 0.200 e. The molecule has 0 aliphatic rings. The van der Waals surface area contributed by atoms with E-state index in [0.29, 0.717) is 0 Å². The van der Waals surface area contributed by atoms with E-state index in [1.165, 1.54) is 5.56 Å². The summed E-state index contributed by atoms with van der Waals surface area (Å²) >= 11 is 0. The Kier molecular flexibility index (Phi) is 12.5. The molecule has 0 fully saturated rings. The molecule has 6 rings (SSSR count). The lowest BCUT2D eigenvalue weighted by Crippen LogP contribution is -2.81. The highest BCUT2D eigenvalue weighted by atomic mass is 19.2. The van der Waals surface area contributed by atoms with E-state index in [9.17, 15) is 52.7 Å². The third-order valence-electron chi connectivity index (χ3n) is 8.89. The fourth-order valence-corrected chi connectivity index (χ4v) is 6.31. The molecule has 0 N–H and O–H groups in total. The summed E-state index contributed by atoms with van der Waals surface area (Å²) in [7, 11) is 1.68. The second-order valence-electron chi connectivity index (χ2n) is 12.1. The van der Waals surface area contributed by atoms with Gasteiger partial charge in [-0.3, -0.25) is 4.98 Å². The van der Waals surface area contributed by atoms with Crippen LogP contribution in [0.3, 0.4) is 0 Å². The molecule has 5 aromatic carbocycles. The molecule has 0 atom stereocenters. The first-order valence-corrected chi connectivity index (χ1v) is 15.7. The average molecular weight is 880 g/mol. The number of benzene rings is 5. The van der Waals surface area contributed by atoms with Gasteiger partial charge in [0.05, 0.1) is 19.5 Å². The minimum absolute atomic E-state index is 0.833. The first kappa shape index (κ1) is 44.7. The number of nitrogens with zero attached hydrogens (tertiary/aromatic N) is 2. The fraction of sp³-hybridized carbons (Fsp3) is 0.0556. The van der Waals surface area contributed by atoms with Crippen LogP contribution in [0.15, 0.2) is 49.1 Å². The summed E-state index contributed by atoms with van der Waals surface area (Å²) in [5, 5.41) is 0. The maximum absolute atomic E-state index is 15.4. The van der Waals surface area contributed by atoms with Crippen molar-refractivity contribution < 1.29 is 97.1 Å². The third kappa shape index (κ3) is 6.99. The first-order valence-electron chi connectivity index (χ1n) is 15.7. The van der Waals surface area contributed by atoms with Crippen LogP contribution in [0, 0.1) is 116 Å². The Morgan fingerprint density at radius 1 is 0.417 bits per heavy atom. The molecular weight excluding hydrogens is 867 g/mol. The molecule has 24 heteroatoms. The zero-order chi connectivity index (χ0) is 44.9. The Morgan fingerprint density at radius 2 is 0.683 bits per heavy atom. The van der Waals surface area contributed by atoms with Crippen molar-refractivity contribution in [3.8, 4) is 5.75 Å². The monoisotopic (exact) mass is 880 g/mol. The SMILES string of the molecule is COc1cccc(C[n+]2ccncc2)c1.Fc1c(F)c(F)c([B-](c2c(F)c(F)c(F)c(F)c2F)(c2c(F)c(F)c(F)c(F)c2F)c2c(F)c(F)c(F)c(F)c2F)c(F)c1F. The van der Waals surface area contributed by atoms with Crippen LogP contribution in [0.2, 0.25) is 0 Å². The lowest BCUT2D eigenvalue weighted by Gasteiger charge is -2.44. The van der Waals surface area contributed by atoms with Gasteiger partial charge in [-0.15, -0.1) is 21.9 Å². The number of halogens is 20.